The fourth-order valence-electron chi connectivity index (χ4n) is 14.5. The third-order valence-corrected chi connectivity index (χ3v) is 57.4. The molecule has 6 heterocycles. The van der Waals surface area contributed by atoms with Gasteiger partial charge >= 0.3 is 70.4 Å². The van der Waals surface area contributed by atoms with E-state index in [9.17, 15) is 0 Å². The minimum atomic E-state index is -4.24. The molecule has 14 rings (SSSR count). The summed E-state index contributed by atoms with van der Waals surface area (Å²) < 4.78 is 102. The van der Waals surface area contributed by atoms with Crippen LogP contribution in [0.3, 0.4) is 0 Å². The standard InChI is InChI=1S/C42H69ClO12Si8/c43-33-34-29-31-42(32-30-34)63-53-60(39-23-9-10-24-39)47-57(36-17-3-4-18-36)44-56(35-15-1-2-16-35)45-58(49-60,37-19-5-6-20-37)51-62(55-63,41-27-13-14-28-41)52-59(46-56,38-21-7-8-22-38)50-61(48-57,54-63)40-25-11-12-26-40/h29-32,35-41H,1-28,33H2. The Hall–Kier alpha value is 0.765. The van der Waals surface area contributed by atoms with Crippen LogP contribution in [0.15, 0.2) is 24.3 Å². The van der Waals surface area contributed by atoms with E-state index in [1.165, 1.54) is 0 Å². The number of rotatable bonds is 9. The lowest BCUT2D eigenvalue weighted by Crippen LogP contribution is -2.91. The van der Waals surface area contributed by atoms with E-state index in [2.05, 4.69) is 24.3 Å². The predicted octanol–water partition coefficient (Wildman–Crippen LogP) is 11.0. The number of alkyl halides is 1. The van der Waals surface area contributed by atoms with E-state index >= 15 is 0 Å². The van der Waals surface area contributed by atoms with E-state index in [-0.39, 0.29) is 38.8 Å². The van der Waals surface area contributed by atoms with Crippen molar-refractivity contribution in [1.29, 1.82) is 0 Å². The van der Waals surface area contributed by atoms with Gasteiger partial charge in [-0.2, -0.15) is 0 Å². The summed E-state index contributed by atoms with van der Waals surface area (Å²) in [6, 6.07) is 8.52. The van der Waals surface area contributed by atoms with E-state index in [0.29, 0.717) is 5.88 Å². The summed E-state index contributed by atoms with van der Waals surface area (Å²) in [5.74, 6) is 0.406. The normalized spacial score (nSPS) is 46.9. The van der Waals surface area contributed by atoms with Gasteiger partial charge in [0, 0.05) is 49.9 Å². The fraction of sp³-hybridized carbons (Fsp3) is 0.857. The zero-order chi connectivity index (χ0) is 42.0. The van der Waals surface area contributed by atoms with Crippen LogP contribution in [0.25, 0.3) is 0 Å². The third-order valence-electron chi connectivity index (χ3n) is 17.8. The van der Waals surface area contributed by atoms with Crippen LogP contribution in [-0.2, 0) is 55.3 Å². The van der Waals surface area contributed by atoms with Crippen LogP contribution in [-0.4, -0.2) is 70.4 Å². The van der Waals surface area contributed by atoms with Gasteiger partial charge in [-0.25, -0.2) is 0 Å². The SMILES string of the molecule is ClCc1ccc([Si]23O[Si]4(C5CCCC5)O[Si]5(C6CCCC6)O[Si](C6CCCC6)(O2)O[Si]2(C6CCCC6)O[Si](C6CCCC6)(O3)O[Si](C3CCCC3)(O4)O[Si](C3CCCC3)(O5)O2)cc1. The molecule has 0 amide bonds. The molecule has 8 bridgehead atoms. The van der Waals surface area contributed by atoms with E-state index in [4.69, 9.17) is 61.0 Å². The van der Waals surface area contributed by atoms with Crippen LogP contribution < -0.4 is 5.19 Å². The molecule has 13 aliphatic rings. The molecule has 0 aromatic heterocycles. The Bertz CT molecular complexity index is 1670. The molecule has 7 saturated carbocycles. The zero-order valence-corrected chi connectivity index (χ0v) is 45.9. The summed E-state index contributed by atoms with van der Waals surface area (Å²) in [5, 5.41) is 0.870. The molecule has 0 atom stereocenters. The maximum Gasteiger partial charge on any atom is 0.515 e. The van der Waals surface area contributed by atoms with Gasteiger partial charge in [-0.05, 0) is 95.5 Å². The van der Waals surface area contributed by atoms with Gasteiger partial charge in [-0.1, -0.05) is 114 Å². The molecule has 1 aromatic carbocycles. The highest BCUT2D eigenvalue weighted by molar-refractivity contribution is 7.06. The van der Waals surface area contributed by atoms with Crippen molar-refractivity contribution in [3.05, 3.63) is 29.8 Å². The van der Waals surface area contributed by atoms with Gasteiger partial charge in [0.15, 0.2) is 0 Å². The van der Waals surface area contributed by atoms with E-state index < -0.39 is 70.4 Å². The average molecular weight is 1030 g/mol. The van der Waals surface area contributed by atoms with Crippen molar-refractivity contribution in [2.75, 3.05) is 0 Å². The maximum atomic E-state index is 8.49. The second-order valence-electron chi connectivity index (χ2n) is 21.7. The highest BCUT2D eigenvalue weighted by Crippen LogP contribution is 2.66. The number of hydrogen-bond donors (Lipinski definition) is 0. The van der Waals surface area contributed by atoms with Crippen molar-refractivity contribution in [2.45, 2.75) is 224 Å². The third kappa shape index (κ3) is 7.01. The lowest BCUT2D eigenvalue weighted by Gasteiger charge is -2.66. The van der Waals surface area contributed by atoms with Crippen molar-refractivity contribution in [1.82, 2.24) is 0 Å². The molecular formula is C42H69ClO12Si8. The summed E-state index contributed by atoms with van der Waals surface area (Å²) in [6.45, 7) is 0. The van der Waals surface area contributed by atoms with Crippen LogP contribution in [0, 0.1) is 0 Å². The second-order valence-corrected chi connectivity index (χ2v) is 47.6. The molecule has 1 aromatic rings. The highest BCUT2D eigenvalue weighted by Gasteiger charge is 2.88. The second kappa shape index (κ2) is 16.4. The fourth-order valence-corrected chi connectivity index (χ4v) is 70.3. The molecule has 0 N–H and O–H groups in total. The Morgan fingerprint density at radius 2 is 0.492 bits per heavy atom. The summed E-state index contributed by atoms with van der Waals surface area (Å²) in [5.41, 5.74) is 1.21. The largest absolute Gasteiger partial charge is 0.515 e. The Morgan fingerprint density at radius 3 is 0.683 bits per heavy atom. The topological polar surface area (TPSA) is 111 Å². The number of hydrogen-bond acceptors (Lipinski definition) is 12. The molecule has 6 saturated heterocycles. The first-order valence-electron chi connectivity index (χ1n) is 25.8. The van der Waals surface area contributed by atoms with Gasteiger partial charge in [0.05, 0.1) is 0 Å². The van der Waals surface area contributed by atoms with Crippen LogP contribution in [0.5, 0.6) is 0 Å². The minimum absolute atomic E-state index is 0.00202. The number of halogens is 1. The quantitative estimate of drug-likeness (QED) is 0.173. The molecule has 0 radical (unpaired) electrons. The smallest absolute Gasteiger partial charge is 0.373 e. The summed E-state index contributed by atoms with van der Waals surface area (Å²) >= 11 is 6.53. The lowest BCUT2D eigenvalue weighted by atomic mass is 10.2. The molecule has 0 unspecified atom stereocenters. The van der Waals surface area contributed by atoms with Crippen molar-refractivity contribution < 1.29 is 49.4 Å². The molecule has 21 heteroatoms. The molecule has 0 spiro atoms. The van der Waals surface area contributed by atoms with Gasteiger partial charge in [0.1, 0.15) is 0 Å². The van der Waals surface area contributed by atoms with Gasteiger partial charge < -0.3 is 49.4 Å². The van der Waals surface area contributed by atoms with E-state index in [1.807, 2.05) is 0 Å². The van der Waals surface area contributed by atoms with E-state index in [1.54, 1.807) is 0 Å². The van der Waals surface area contributed by atoms with Crippen molar-refractivity contribution in [2.24, 2.45) is 0 Å². The Labute approximate surface area is 388 Å². The predicted molar refractivity (Wildman–Crippen MR) is 250 cm³/mol. The summed E-state index contributed by atoms with van der Waals surface area (Å²) in [6.07, 6.45) is 28.7. The van der Waals surface area contributed by atoms with Crippen LogP contribution >= 0.6 is 11.6 Å². The lowest BCUT2D eigenvalue weighted by molar-refractivity contribution is -0.0427. The maximum absolute atomic E-state index is 8.49. The van der Waals surface area contributed by atoms with Gasteiger partial charge in [0.2, 0.25) is 0 Å². The summed E-state index contributed by atoms with van der Waals surface area (Å²) in [7, 11) is -32.1. The highest BCUT2D eigenvalue weighted by atomic mass is 35.5. The van der Waals surface area contributed by atoms with Crippen molar-refractivity contribution in [3.63, 3.8) is 0 Å². The van der Waals surface area contributed by atoms with E-state index in [0.717, 1.165) is 191 Å². The molecule has 63 heavy (non-hydrogen) atoms. The molecular weight excluding hydrogens is 957 g/mol. The first-order chi connectivity index (χ1) is 30.8. The Balaban J connectivity index is 1.15. The monoisotopic (exact) mass is 1020 g/mol. The molecule has 348 valence electrons. The summed E-state index contributed by atoms with van der Waals surface area (Å²) in [4.78, 5) is 0. The first-order valence-corrected chi connectivity index (χ1v) is 40.7. The van der Waals surface area contributed by atoms with Gasteiger partial charge in [-0.3, -0.25) is 0 Å². The van der Waals surface area contributed by atoms with Gasteiger partial charge in [-0.15, -0.1) is 11.6 Å². The number of benzene rings is 1. The van der Waals surface area contributed by atoms with Crippen molar-refractivity contribution >= 4 is 87.2 Å². The minimum Gasteiger partial charge on any atom is -0.373 e. The molecule has 12 nitrogen and oxygen atoms in total. The van der Waals surface area contributed by atoms with Crippen LogP contribution in [0.2, 0.25) is 38.8 Å². The Morgan fingerprint density at radius 1 is 0.302 bits per heavy atom. The Kier molecular flexibility index (Phi) is 11.4. The van der Waals surface area contributed by atoms with Crippen molar-refractivity contribution in [3.8, 4) is 0 Å². The van der Waals surface area contributed by atoms with Crippen LogP contribution in [0.4, 0.5) is 0 Å². The van der Waals surface area contributed by atoms with Gasteiger partial charge in [0.25, 0.3) is 0 Å². The first kappa shape index (κ1) is 43.8. The molecule has 13 fully saturated rings. The average Bonchev–Trinajstić information content (AvgIpc) is 4.12. The molecule has 6 aliphatic heterocycles. The molecule has 7 aliphatic carbocycles. The van der Waals surface area contributed by atoms with Crippen LogP contribution in [0.1, 0.15) is 185 Å². The zero-order valence-electron chi connectivity index (χ0n) is 37.1.